The van der Waals surface area contributed by atoms with E-state index >= 15 is 0 Å². The largest absolute Gasteiger partial charge is 0.0988 e. The Morgan fingerprint density at radius 1 is 0.833 bits per heavy atom. The van der Waals surface area contributed by atoms with Crippen molar-refractivity contribution in [2.75, 3.05) is 0 Å². The Labute approximate surface area is 113 Å². The van der Waals surface area contributed by atoms with Gasteiger partial charge in [0.15, 0.2) is 0 Å². The van der Waals surface area contributed by atoms with Gasteiger partial charge in [-0.1, -0.05) is 67.2 Å². The topological polar surface area (TPSA) is 0 Å². The molecule has 0 aromatic carbocycles. The Morgan fingerprint density at radius 2 is 1.33 bits per heavy atom. The summed E-state index contributed by atoms with van der Waals surface area (Å²) in [6.45, 7) is 14.2. The van der Waals surface area contributed by atoms with E-state index in [1.165, 1.54) is 16.7 Å². The first-order valence-corrected chi connectivity index (χ1v) is 6.90. The van der Waals surface area contributed by atoms with E-state index in [0.29, 0.717) is 0 Å². The van der Waals surface area contributed by atoms with Crippen LogP contribution in [0.15, 0.2) is 60.3 Å². The first kappa shape index (κ1) is 16.7. The third-order valence-electron chi connectivity index (χ3n) is 2.82. The first-order valence-electron chi connectivity index (χ1n) is 6.90. The van der Waals surface area contributed by atoms with Crippen LogP contribution in [0.3, 0.4) is 0 Å². The molecule has 0 bridgehead atoms. The van der Waals surface area contributed by atoms with Crippen LogP contribution in [0, 0.1) is 0 Å². The second kappa shape index (κ2) is 10.8. The zero-order valence-electron chi connectivity index (χ0n) is 12.3. The second-order valence-corrected chi connectivity index (χ2v) is 4.73. The van der Waals surface area contributed by atoms with Gasteiger partial charge in [-0.25, -0.2) is 0 Å². The summed E-state index contributed by atoms with van der Waals surface area (Å²) < 4.78 is 0. The normalized spacial score (nSPS) is 12.2. The maximum Gasteiger partial charge on any atom is -0.0247 e. The Morgan fingerprint density at radius 3 is 1.78 bits per heavy atom. The zero-order chi connectivity index (χ0) is 13.8. The molecule has 18 heavy (non-hydrogen) atoms. The van der Waals surface area contributed by atoms with E-state index in [1.807, 2.05) is 12.2 Å². The number of allylic oxidation sites excluding steroid dienone is 8. The van der Waals surface area contributed by atoms with Crippen LogP contribution in [-0.2, 0) is 0 Å². The fourth-order valence-electron chi connectivity index (χ4n) is 1.79. The van der Waals surface area contributed by atoms with Crippen LogP contribution in [-0.4, -0.2) is 0 Å². The third-order valence-corrected chi connectivity index (χ3v) is 2.82. The minimum atomic E-state index is 1.08. The van der Waals surface area contributed by atoms with Gasteiger partial charge in [0.05, 0.1) is 0 Å². The number of rotatable bonds is 9. The maximum absolute atomic E-state index is 3.89. The van der Waals surface area contributed by atoms with Crippen LogP contribution >= 0.6 is 0 Å². The Balaban J connectivity index is 4.20. The summed E-state index contributed by atoms with van der Waals surface area (Å²) in [6, 6.07) is 0. The summed E-state index contributed by atoms with van der Waals surface area (Å²) in [4.78, 5) is 0. The highest BCUT2D eigenvalue weighted by Crippen LogP contribution is 2.13. The Bertz CT molecular complexity index is 333. The summed E-state index contributed by atoms with van der Waals surface area (Å²) >= 11 is 0. The highest BCUT2D eigenvalue weighted by atomic mass is 14.0. The molecule has 0 aromatic heterocycles. The van der Waals surface area contributed by atoms with Crippen LogP contribution in [0.4, 0.5) is 0 Å². The molecule has 0 atom stereocenters. The SMILES string of the molecule is C=CC(=CCC)CCC=C(C=C)CCC=C(C)C. The molecular formula is C18H28. The van der Waals surface area contributed by atoms with Crippen LogP contribution in [0.5, 0.6) is 0 Å². The van der Waals surface area contributed by atoms with E-state index in [1.54, 1.807) is 0 Å². The minimum Gasteiger partial charge on any atom is -0.0988 e. The molecular weight excluding hydrogens is 216 g/mol. The van der Waals surface area contributed by atoms with Crippen LogP contribution < -0.4 is 0 Å². The predicted molar refractivity (Wildman–Crippen MR) is 84.8 cm³/mol. The van der Waals surface area contributed by atoms with Crippen molar-refractivity contribution in [1.82, 2.24) is 0 Å². The molecule has 100 valence electrons. The minimum absolute atomic E-state index is 1.08. The lowest BCUT2D eigenvalue weighted by Crippen LogP contribution is -1.82. The number of hydrogen-bond donors (Lipinski definition) is 0. The first-order chi connectivity index (χ1) is 8.63. The number of hydrogen-bond acceptors (Lipinski definition) is 0. The molecule has 0 unspecified atom stereocenters. The van der Waals surface area contributed by atoms with Gasteiger partial charge in [0.1, 0.15) is 0 Å². The van der Waals surface area contributed by atoms with E-state index in [-0.39, 0.29) is 0 Å². The lowest BCUT2D eigenvalue weighted by Gasteiger charge is -2.02. The van der Waals surface area contributed by atoms with Gasteiger partial charge in [0.25, 0.3) is 0 Å². The molecule has 0 rings (SSSR count). The molecule has 0 radical (unpaired) electrons. The summed E-state index contributed by atoms with van der Waals surface area (Å²) in [5.41, 5.74) is 4.09. The van der Waals surface area contributed by atoms with E-state index in [9.17, 15) is 0 Å². The van der Waals surface area contributed by atoms with Crippen molar-refractivity contribution < 1.29 is 0 Å². The molecule has 0 aromatic rings. The fourth-order valence-corrected chi connectivity index (χ4v) is 1.79. The van der Waals surface area contributed by atoms with Crippen molar-refractivity contribution in [3.05, 3.63) is 60.3 Å². The highest BCUT2D eigenvalue weighted by Gasteiger charge is 1.93. The maximum atomic E-state index is 3.89. The predicted octanol–water partition coefficient (Wildman–Crippen LogP) is 6.15. The van der Waals surface area contributed by atoms with E-state index in [0.717, 1.165) is 32.1 Å². The lowest BCUT2D eigenvalue weighted by molar-refractivity contribution is 0.944. The average molecular weight is 244 g/mol. The van der Waals surface area contributed by atoms with Gasteiger partial charge in [-0.3, -0.25) is 0 Å². The van der Waals surface area contributed by atoms with Crippen molar-refractivity contribution in [2.45, 2.75) is 52.9 Å². The van der Waals surface area contributed by atoms with Crippen LogP contribution in [0.25, 0.3) is 0 Å². The van der Waals surface area contributed by atoms with Gasteiger partial charge in [-0.2, -0.15) is 0 Å². The molecule has 0 amide bonds. The standard InChI is InChI=1S/C18H28/c1-6-11-17(7-2)14-10-15-18(8-3)13-9-12-16(4)5/h7-8,11-12,15H,2-3,6,9-10,13-14H2,1,4-5H3. The van der Waals surface area contributed by atoms with Crippen LogP contribution in [0.2, 0.25) is 0 Å². The van der Waals surface area contributed by atoms with Crippen LogP contribution in [0.1, 0.15) is 52.9 Å². The van der Waals surface area contributed by atoms with Gasteiger partial charge in [0.2, 0.25) is 0 Å². The third kappa shape index (κ3) is 8.81. The highest BCUT2D eigenvalue weighted by molar-refractivity contribution is 5.20. The molecule has 0 aliphatic rings. The molecule has 0 N–H and O–H groups in total. The Kier molecular flexibility index (Phi) is 10.0. The molecule has 0 aliphatic heterocycles. The van der Waals surface area contributed by atoms with Gasteiger partial charge in [-0.15, -0.1) is 0 Å². The van der Waals surface area contributed by atoms with Gasteiger partial charge in [-0.05, 0) is 46.0 Å². The monoisotopic (exact) mass is 244 g/mol. The summed E-state index contributed by atoms with van der Waals surface area (Å²) in [6.07, 6.45) is 16.2. The van der Waals surface area contributed by atoms with Crippen molar-refractivity contribution in [1.29, 1.82) is 0 Å². The van der Waals surface area contributed by atoms with Crippen molar-refractivity contribution in [2.24, 2.45) is 0 Å². The van der Waals surface area contributed by atoms with Gasteiger partial charge >= 0.3 is 0 Å². The molecule has 0 saturated heterocycles. The van der Waals surface area contributed by atoms with E-state index in [2.05, 4.69) is 52.2 Å². The molecule has 0 aliphatic carbocycles. The smallest absolute Gasteiger partial charge is 0.0247 e. The summed E-state index contributed by atoms with van der Waals surface area (Å²) in [7, 11) is 0. The van der Waals surface area contributed by atoms with Crippen molar-refractivity contribution in [3.8, 4) is 0 Å². The molecule has 0 heteroatoms. The van der Waals surface area contributed by atoms with Gasteiger partial charge in [0, 0.05) is 0 Å². The summed E-state index contributed by atoms with van der Waals surface area (Å²) in [5, 5.41) is 0. The Hall–Kier alpha value is -1.30. The van der Waals surface area contributed by atoms with Crippen molar-refractivity contribution >= 4 is 0 Å². The van der Waals surface area contributed by atoms with Crippen molar-refractivity contribution in [3.63, 3.8) is 0 Å². The zero-order valence-corrected chi connectivity index (χ0v) is 12.3. The molecule has 0 spiro atoms. The molecule has 0 nitrogen and oxygen atoms in total. The van der Waals surface area contributed by atoms with Gasteiger partial charge < -0.3 is 0 Å². The quantitative estimate of drug-likeness (QED) is 0.337. The fraction of sp³-hybridized carbons (Fsp3) is 0.444. The van der Waals surface area contributed by atoms with E-state index in [4.69, 9.17) is 0 Å². The molecule has 0 saturated carbocycles. The molecule has 0 fully saturated rings. The second-order valence-electron chi connectivity index (χ2n) is 4.73. The summed E-state index contributed by atoms with van der Waals surface area (Å²) in [5.74, 6) is 0. The lowest BCUT2D eigenvalue weighted by atomic mass is 10.0. The average Bonchev–Trinajstić information content (AvgIpc) is 2.35. The van der Waals surface area contributed by atoms with E-state index < -0.39 is 0 Å². The molecule has 0 heterocycles.